The number of carbonyl (C=O) groups is 1. The predicted molar refractivity (Wildman–Crippen MR) is 76.4 cm³/mol. The van der Waals surface area contributed by atoms with E-state index in [1.165, 1.54) is 7.11 Å². The number of carbonyl (C=O) groups excluding carboxylic acids is 1. The van der Waals surface area contributed by atoms with Gasteiger partial charge >= 0.3 is 5.97 Å². The van der Waals surface area contributed by atoms with Crippen LogP contribution in [0.2, 0.25) is 0 Å². The van der Waals surface area contributed by atoms with Crippen LogP contribution in [-0.2, 0) is 9.53 Å². The number of esters is 1. The van der Waals surface area contributed by atoms with Gasteiger partial charge in [-0.15, -0.1) is 0 Å². The number of hydrogen-bond acceptors (Lipinski definition) is 4. The third kappa shape index (κ3) is 4.41. The molecule has 0 aromatic heterocycles. The van der Waals surface area contributed by atoms with Crippen LogP contribution >= 0.6 is 11.8 Å². The first-order valence-electron chi connectivity index (χ1n) is 5.68. The number of ether oxygens (including phenoxy) is 1. The third-order valence-corrected chi connectivity index (χ3v) is 3.16. The Morgan fingerprint density at radius 1 is 1.44 bits per heavy atom. The first-order valence-corrected chi connectivity index (χ1v) is 6.67. The molecule has 0 spiro atoms. The molecule has 0 amide bonds. The summed E-state index contributed by atoms with van der Waals surface area (Å²) in [5.41, 5.74) is 2.07. The Labute approximate surface area is 112 Å². The lowest BCUT2D eigenvalue weighted by molar-refractivity contribution is -0.137. The van der Waals surface area contributed by atoms with Gasteiger partial charge in [-0.05, 0) is 17.5 Å². The van der Waals surface area contributed by atoms with Gasteiger partial charge in [0.1, 0.15) is 0 Å². The average Bonchev–Trinajstić information content (AvgIpc) is 2.36. The van der Waals surface area contributed by atoms with Crippen molar-refractivity contribution in [3.05, 3.63) is 29.8 Å². The fourth-order valence-electron chi connectivity index (χ4n) is 1.46. The fraction of sp³-hybridized carbons (Fsp3) is 0.385. The molecule has 4 nitrogen and oxygen atoms in total. The van der Waals surface area contributed by atoms with Crippen LogP contribution in [0.3, 0.4) is 0 Å². The smallest absolute Gasteiger partial charge is 0.316 e. The molecule has 1 aromatic rings. The summed E-state index contributed by atoms with van der Waals surface area (Å²) in [6.07, 6.45) is 0. The van der Waals surface area contributed by atoms with E-state index in [1.807, 2.05) is 24.3 Å². The second-order valence-corrected chi connectivity index (χ2v) is 5.05. The van der Waals surface area contributed by atoms with E-state index in [2.05, 4.69) is 23.9 Å². The van der Waals surface area contributed by atoms with Crippen LogP contribution in [0.25, 0.3) is 0 Å². The molecule has 98 valence electrons. The van der Waals surface area contributed by atoms with Gasteiger partial charge in [0.15, 0.2) is 5.17 Å². The molecule has 0 heterocycles. The van der Waals surface area contributed by atoms with Crippen LogP contribution in [0.5, 0.6) is 0 Å². The monoisotopic (exact) mass is 266 g/mol. The molecule has 0 aliphatic carbocycles. The maximum absolute atomic E-state index is 11.0. The number of rotatable bonds is 4. The Bertz CT molecular complexity index is 433. The molecule has 0 fully saturated rings. The Morgan fingerprint density at radius 2 is 2.11 bits per heavy atom. The van der Waals surface area contributed by atoms with Crippen molar-refractivity contribution in [2.45, 2.75) is 19.8 Å². The molecule has 1 rings (SSSR count). The summed E-state index contributed by atoms with van der Waals surface area (Å²) in [6.45, 7) is 4.21. The standard InChI is InChI=1S/C13H18N2O2S/c1-9(2)10-6-4-5-7-11(10)15-13(14)18-8-12(16)17-3/h4-7,9H,8H2,1-3H3,(H2,14,15). The van der Waals surface area contributed by atoms with Gasteiger partial charge in [-0.3, -0.25) is 10.2 Å². The van der Waals surface area contributed by atoms with E-state index in [9.17, 15) is 4.79 Å². The van der Waals surface area contributed by atoms with E-state index in [4.69, 9.17) is 5.41 Å². The third-order valence-electron chi connectivity index (χ3n) is 2.39. The summed E-state index contributed by atoms with van der Waals surface area (Å²) >= 11 is 1.12. The molecule has 0 atom stereocenters. The van der Waals surface area contributed by atoms with Crippen LogP contribution in [0, 0.1) is 5.41 Å². The van der Waals surface area contributed by atoms with Crippen molar-refractivity contribution in [1.29, 1.82) is 5.41 Å². The maximum Gasteiger partial charge on any atom is 0.316 e. The molecule has 0 unspecified atom stereocenters. The van der Waals surface area contributed by atoms with Crippen molar-refractivity contribution in [3.63, 3.8) is 0 Å². The maximum atomic E-state index is 11.0. The van der Waals surface area contributed by atoms with E-state index < -0.39 is 0 Å². The highest BCUT2D eigenvalue weighted by atomic mass is 32.2. The highest BCUT2D eigenvalue weighted by Gasteiger charge is 2.09. The Balaban J connectivity index is 2.62. The first kappa shape index (κ1) is 14.6. The minimum atomic E-state index is -0.330. The second kappa shape index (κ2) is 7.06. The van der Waals surface area contributed by atoms with Crippen LogP contribution < -0.4 is 5.32 Å². The number of para-hydroxylation sites is 1. The Morgan fingerprint density at radius 3 is 2.72 bits per heavy atom. The average molecular weight is 266 g/mol. The Hall–Kier alpha value is -1.49. The molecular formula is C13H18N2O2S. The first-order chi connectivity index (χ1) is 8.54. The van der Waals surface area contributed by atoms with Crippen molar-refractivity contribution >= 4 is 28.6 Å². The quantitative estimate of drug-likeness (QED) is 0.499. The topological polar surface area (TPSA) is 62.2 Å². The number of methoxy groups -OCH3 is 1. The molecule has 2 N–H and O–H groups in total. The van der Waals surface area contributed by atoms with E-state index >= 15 is 0 Å². The van der Waals surface area contributed by atoms with Crippen LogP contribution in [0.15, 0.2) is 24.3 Å². The van der Waals surface area contributed by atoms with Gasteiger partial charge in [0, 0.05) is 5.69 Å². The van der Waals surface area contributed by atoms with Gasteiger partial charge in [0.05, 0.1) is 12.9 Å². The minimum Gasteiger partial charge on any atom is -0.468 e. The second-order valence-electron chi connectivity index (χ2n) is 4.06. The zero-order valence-corrected chi connectivity index (χ0v) is 11.6. The van der Waals surface area contributed by atoms with Crippen molar-refractivity contribution in [2.24, 2.45) is 0 Å². The summed E-state index contributed by atoms with van der Waals surface area (Å²) in [7, 11) is 1.34. The summed E-state index contributed by atoms with van der Waals surface area (Å²) in [4.78, 5) is 11.0. The molecule has 0 radical (unpaired) electrons. The molecule has 0 saturated carbocycles. The van der Waals surface area contributed by atoms with Gasteiger partial charge in [-0.1, -0.05) is 43.8 Å². The molecule has 18 heavy (non-hydrogen) atoms. The van der Waals surface area contributed by atoms with Crippen LogP contribution in [0.1, 0.15) is 25.3 Å². The number of nitrogens with one attached hydrogen (secondary N) is 2. The molecular weight excluding hydrogens is 248 g/mol. The van der Waals surface area contributed by atoms with Crippen molar-refractivity contribution in [2.75, 3.05) is 18.2 Å². The highest BCUT2D eigenvalue weighted by molar-refractivity contribution is 8.14. The lowest BCUT2D eigenvalue weighted by Gasteiger charge is -2.14. The Kier molecular flexibility index (Phi) is 5.71. The van der Waals surface area contributed by atoms with E-state index in [1.54, 1.807) is 0 Å². The lowest BCUT2D eigenvalue weighted by Crippen LogP contribution is -2.12. The normalized spacial score (nSPS) is 10.2. The highest BCUT2D eigenvalue weighted by Crippen LogP contribution is 2.24. The summed E-state index contributed by atoms with van der Waals surface area (Å²) in [5, 5.41) is 11.0. The molecule has 0 aliphatic rings. The molecule has 5 heteroatoms. The lowest BCUT2D eigenvalue weighted by atomic mass is 10.0. The van der Waals surface area contributed by atoms with E-state index in [-0.39, 0.29) is 16.9 Å². The number of amidine groups is 1. The van der Waals surface area contributed by atoms with Crippen LogP contribution in [-0.4, -0.2) is 24.0 Å². The van der Waals surface area contributed by atoms with E-state index in [0.717, 1.165) is 23.0 Å². The number of hydrogen-bond donors (Lipinski definition) is 2. The van der Waals surface area contributed by atoms with E-state index in [0.29, 0.717) is 5.92 Å². The predicted octanol–water partition coefficient (Wildman–Crippen LogP) is 3.06. The van der Waals surface area contributed by atoms with Gasteiger partial charge in [0.2, 0.25) is 0 Å². The summed E-state index contributed by atoms with van der Waals surface area (Å²) in [6, 6.07) is 7.87. The molecule has 0 bridgehead atoms. The fourth-order valence-corrected chi connectivity index (χ4v) is 2.02. The van der Waals surface area contributed by atoms with Gasteiger partial charge < -0.3 is 10.1 Å². The number of thioether (sulfide) groups is 1. The van der Waals surface area contributed by atoms with Gasteiger partial charge in [-0.25, -0.2) is 0 Å². The van der Waals surface area contributed by atoms with Crippen molar-refractivity contribution in [1.82, 2.24) is 0 Å². The summed E-state index contributed by atoms with van der Waals surface area (Å²) < 4.78 is 4.53. The molecule has 0 aliphatic heterocycles. The largest absolute Gasteiger partial charge is 0.468 e. The van der Waals surface area contributed by atoms with Crippen molar-refractivity contribution in [3.8, 4) is 0 Å². The van der Waals surface area contributed by atoms with Gasteiger partial charge in [-0.2, -0.15) is 0 Å². The SMILES string of the molecule is COC(=O)CSC(=N)Nc1ccccc1C(C)C. The van der Waals surface area contributed by atoms with Gasteiger partial charge in [0.25, 0.3) is 0 Å². The molecule has 1 aromatic carbocycles. The zero-order chi connectivity index (χ0) is 13.5. The number of benzene rings is 1. The minimum absolute atomic E-state index is 0.145. The molecule has 0 saturated heterocycles. The zero-order valence-electron chi connectivity index (χ0n) is 10.8. The number of anilines is 1. The van der Waals surface area contributed by atoms with Crippen LogP contribution in [0.4, 0.5) is 5.69 Å². The van der Waals surface area contributed by atoms with Crippen molar-refractivity contribution < 1.29 is 9.53 Å². The summed E-state index contributed by atoms with van der Waals surface area (Å²) in [5.74, 6) is 0.197.